The van der Waals surface area contributed by atoms with Crippen molar-refractivity contribution in [1.82, 2.24) is 10.0 Å². The van der Waals surface area contributed by atoms with Crippen LogP contribution >= 0.6 is 0 Å². The number of hydrogen-bond donors (Lipinski definition) is 2. The van der Waals surface area contributed by atoms with Crippen LogP contribution in [0.3, 0.4) is 0 Å². The van der Waals surface area contributed by atoms with Crippen molar-refractivity contribution in [3.8, 4) is 0 Å². The number of aryl methyl sites for hydroxylation is 3. The Hall–Kier alpha value is -2.71. The zero-order valence-corrected chi connectivity index (χ0v) is 17.8. The highest BCUT2D eigenvalue weighted by atomic mass is 32.2. The average Bonchev–Trinajstić information content (AvgIpc) is 2.67. The Morgan fingerprint density at radius 2 is 1.62 bits per heavy atom. The van der Waals surface area contributed by atoms with E-state index in [1.165, 1.54) is 13.0 Å². The first-order valence-corrected chi connectivity index (χ1v) is 10.7. The molecule has 0 unspecified atom stereocenters. The molecule has 1 amide bonds. The molecule has 0 spiro atoms. The highest BCUT2D eigenvalue weighted by Crippen LogP contribution is 2.16. The van der Waals surface area contributed by atoms with Gasteiger partial charge in [0.2, 0.25) is 10.0 Å². The van der Waals surface area contributed by atoms with Gasteiger partial charge in [0, 0.05) is 6.54 Å². The summed E-state index contributed by atoms with van der Waals surface area (Å²) in [4.78, 5) is 24.2. The molecule has 0 fully saturated rings. The van der Waals surface area contributed by atoms with Crippen molar-refractivity contribution in [3.63, 3.8) is 0 Å². The van der Waals surface area contributed by atoms with Crippen LogP contribution in [0.1, 0.15) is 29.2 Å². The average molecular weight is 419 g/mol. The third-order valence-electron chi connectivity index (χ3n) is 4.30. The zero-order valence-electron chi connectivity index (χ0n) is 17.0. The van der Waals surface area contributed by atoms with Gasteiger partial charge >= 0.3 is 5.97 Å². The first-order valence-electron chi connectivity index (χ1n) is 9.18. The van der Waals surface area contributed by atoms with Crippen molar-refractivity contribution >= 4 is 21.9 Å². The summed E-state index contributed by atoms with van der Waals surface area (Å²) in [7, 11) is -3.87. The van der Waals surface area contributed by atoms with Gasteiger partial charge in [0.05, 0.1) is 4.90 Å². The van der Waals surface area contributed by atoms with Gasteiger partial charge in [0.1, 0.15) is 6.54 Å². The quantitative estimate of drug-likeness (QED) is 0.640. The number of hydrogen-bond acceptors (Lipinski definition) is 5. The van der Waals surface area contributed by atoms with E-state index in [1.807, 2.05) is 31.2 Å². The zero-order chi connectivity index (χ0) is 21.6. The molecule has 1 atom stereocenters. The number of nitrogens with one attached hydrogen (secondary N) is 2. The lowest BCUT2D eigenvalue weighted by atomic mass is 10.1. The van der Waals surface area contributed by atoms with Crippen molar-refractivity contribution in [3.05, 3.63) is 64.7 Å². The molecule has 7 nitrogen and oxygen atoms in total. The minimum absolute atomic E-state index is 0.106. The summed E-state index contributed by atoms with van der Waals surface area (Å²) in [5.74, 6) is -1.30. The number of carbonyl (C=O) groups excluding carboxylic acids is 2. The van der Waals surface area contributed by atoms with E-state index in [0.29, 0.717) is 12.1 Å². The molecular formula is C21H26N2O5S. The van der Waals surface area contributed by atoms with Crippen molar-refractivity contribution in [2.75, 3.05) is 6.54 Å². The lowest BCUT2D eigenvalue weighted by Crippen LogP contribution is -2.38. The first kappa shape index (κ1) is 22.6. The molecule has 0 radical (unpaired) electrons. The van der Waals surface area contributed by atoms with Crippen molar-refractivity contribution in [2.24, 2.45) is 0 Å². The summed E-state index contributed by atoms with van der Waals surface area (Å²) in [6.07, 6.45) is -1.04. The van der Waals surface area contributed by atoms with Crippen LogP contribution in [0.5, 0.6) is 0 Å². The van der Waals surface area contributed by atoms with Crippen LogP contribution in [0.2, 0.25) is 0 Å². The first-order chi connectivity index (χ1) is 13.6. The smallest absolute Gasteiger partial charge is 0.321 e. The molecule has 0 bridgehead atoms. The van der Waals surface area contributed by atoms with Gasteiger partial charge < -0.3 is 10.1 Å². The molecule has 29 heavy (non-hydrogen) atoms. The summed E-state index contributed by atoms with van der Waals surface area (Å²) in [5, 5.41) is 2.68. The summed E-state index contributed by atoms with van der Waals surface area (Å²) in [6, 6.07) is 12.7. The Kier molecular flexibility index (Phi) is 7.53. The molecule has 0 heterocycles. The van der Waals surface area contributed by atoms with E-state index >= 15 is 0 Å². The number of ether oxygens (including phenoxy) is 1. The van der Waals surface area contributed by atoms with Gasteiger partial charge in [-0.25, -0.2) is 8.42 Å². The maximum Gasteiger partial charge on any atom is 0.321 e. The predicted molar refractivity (Wildman–Crippen MR) is 110 cm³/mol. The normalized spacial score (nSPS) is 12.3. The second-order valence-electron chi connectivity index (χ2n) is 6.93. The molecule has 0 aliphatic heterocycles. The van der Waals surface area contributed by atoms with Gasteiger partial charge in [-0.3, -0.25) is 9.59 Å². The Morgan fingerprint density at radius 3 is 2.28 bits per heavy atom. The van der Waals surface area contributed by atoms with Gasteiger partial charge in [0.15, 0.2) is 6.10 Å². The number of rotatable bonds is 8. The Balaban J connectivity index is 1.85. The highest BCUT2D eigenvalue weighted by Gasteiger charge is 2.21. The van der Waals surface area contributed by atoms with Crippen LogP contribution in [0.4, 0.5) is 0 Å². The van der Waals surface area contributed by atoms with E-state index in [0.717, 1.165) is 16.7 Å². The monoisotopic (exact) mass is 418 g/mol. The van der Waals surface area contributed by atoms with E-state index < -0.39 is 34.5 Å². The minimum Gasteiger partial charge on any atom is -0.452 e. The second-order valence-corrected chi connectivity index (χ2v) is 8.66. The van der Waals surface area contributed by atoms with E-state index in [-0.39, 0.29) is 4.90 Å². The van der Waals surface area contributed by atoms with E-state index in [9.17, 15) is 18.0 Å². The molecule has 0 saturated heterocycles. The number of sulfonamides is 1. The largest absolute Gasteiger partial charge is 0.452 e. The van der Waals surface area contributed by atoms with E-state index in [4.69, 9.17) is 4.74 Å². The summed E-state index contributed by atoms with van der Waals surface area (Å²) < 4.78 is 32.1. The van der Waals surface area contributed by atoms with E-state index in [2.05, 4.69) is 10.0 Å². The van der Waals surface area contributed by atoms with Crippen molar-refractivity contribution in [1.29, 1.82) is 0 Å². The Morgan fingerprint density at radius 1 is 1.00 bits per heavy atom. The SMILES string of the molecule is Cc1ccc(CNC(=O)[C@@H](C)OC(=O)CNS(=O)(=O)c2cc(C)ccc2C)cc1. The van der Waals surface area contributed by atoms with Crippen LogP contribution < -0.4 is 10.0 Å². The second kappa shape index (κ2) is 9.67. The standard InChI is InChI=1S/C21H26N2O5S/c1-14-6-9-18(10-7-14)12-22-21(25)17(4)28-20(24)13-23-29(26,27)19-11-15(2)5-8-16(19)3/h5-11,17,23H,12-13H2,1-4H3,(H,22,25)/t17-/m1/s1. The van der Waals surface area contributed by atoms with Gasteiger partial charge in [-0.2, -0.15) is 4.72 Å². The van der Waals surface area contributed by atoms with Crippen LogP contribution in [-0.4, -0.2) is 32.9 Å². The van der Waals surface area contributed by atoms with Crippen molar-refractivity contribution < 1.29 is 22.7 Å². The molecule has 2 aromatic rings. The van der Waals surface area contributed by atoms with Crippen LogP contribution in [-0.2, 0) is 30.9 Å². The minimum atomic E-state index is -3.87. The summed E-state index contributed by atoms with van der Waals surface area (Å²) >= 11 is 0. The van der Waals surface area contributed by atoms with Crippen LogP contribution in [0.15, 0.2) is 47.4 Å². The third kappa shape index (κ3) is 6.69. The fourth-order valence-electron chi connectivity index (χ4n) is 2.56. The van der Waals surface area contributed by atoms with Gasteiger partial charge in [-0.1, -0.05) is 42.0 Å². The lowest BCUT2D eigenvalue weighted by Gasteiger charge is -2.14. The lowest BCUT2D eigenvalue weighted by molar-refractivity contribution is -0.153. The molecule has 2 rings (SSSR count). The number of benzene rings is 2. The van der Waals surface area contributed by atoms with E-state index in [1.54, 1.807) is 26.0 Å². The fraction of sp³-hybridized carbons (Fsp3) is 0.333. The van der Waals surface area contributed by atoms with Gasteiger partial charge in [-0.05, 0) is 50.5 Å². The highest BCUT2D eigenvalue weighted by molar-refractivity contribution is 7.89. The summed E-state index contributed by atoms with van der Waals surface area (Å²) in [6.45, 7) is 6.60. The van der Waals surface area contributed by atoms with Gasteiger partial charge in [0.25, 0.3) is 5.91 Å². The topological polar surface area (TPSA) is 102 Å². The maximum atomic E-state index is 12.4. The molecular weight excluding hydrogens is 392 g/mol. The maximum absolute atomic E-state index is 12.4. The Labute approximate surface area is 171 Å². The van der Waals surface area contributed by atoms with Crippen LogP contribution in [0.25, 0.3) is 0 Å². The number of carbonyl (C=O) groups is 2. The molecule has 2 N–H and O–H groups in total. The molecule has 156 valence electrons. The molecule has 0 saturated carbocycles. The van der Waals surface area contributed by atoms with Gasteiger partial charge in [-0.15, -0.1) is 0 Å². The number of esters is 1. The fourth-order valence-corrected chi connectivity index (χ4v) is 3.86. The molecule has 0 aliphatic rings. The predicted octanol–water partition coefficient (Wildman–Crippen LogP) is 2.14. The van der Waals surface area contributed by atoms with Crippen molar-refractivity contribution in [2.45, 2.75) is 45.2 Å². The summed E-state index contributed by atoms with van der Waals surface area (Å²) in [5.41, 5.74) is 3.40. The molecule has 0 aromatic heterocycles. The molecule has 0 aliphatic carbocycles. The van der Waals surface area contributed by atoms with Crippen LogP contribution in [0, 0.1) is 20.8 Å². The Bertz CT molecular complexity index is 985. The molecule has 8 heteroatoms. The third-order valence-corrected chi connectivity index (χ3v) is 5.85. The number of amides is 1. The molecule has 2 aromatic carbocycles.